The van der Waals surface area contributed by atoms with Gasteiger partial charge in [-0.1, -0.05) is 59.6 Å². The second-order valence-electron chi connectivity index (χ2n) is 8.86. The number of ketones is 2. The van der Waals surface area contributed by atoms with Gasteiger partial charge < -0.3 is 10.6 Å². The topological polar surface area (TPSA) is 92.3 Å². The molecule has 2 N–H and O–H groups in total. The first-order chi connectivity index (χ1) is 19.3. The van der Waals surface area contributed by atoms with E-state index in [1.165, 1.54) is 12.2 Å². The van der Waals surface area contributed by atoms with Crippen LogP contribution in [0, 0.1) is 0 Å². The van der Waals surface area contributed by atoms with Crippen LogP contribution in [-0.4, -0.2) is 23.4 Å². The molecule has 0 saturated carbocycles. The van der Waals surface area contributed by atoms with Crippen LogP contribution in [-0.2, 0) is 9.59 Å². The Morgan fingerprint density at radius 3 is 1.25 bits per heavy atom. The third-order valence-corrected chi connectivity index (χ3v) is 6.73. The Morgan fingerprint density at radius 2 is 0.875 bits per heavy atom. The highest BCUT2D eigenvalue weighted by Gasteiger charge is 2.25. The fourth-order valence-electron chi connectivity index (χ4n) is 4.22. The Balaban J connectivity index is 0.000000161. The molecule has 2 amide bonds. The van der Waals surface area contributed by atoms with Gasteiger partial charge in [0.05, 0.1) is 11.1 Å². The van der Waals surface area contributed by atoms with Gasteiger partial charge in [-0.2, -0.15) is 0 Å². The van der Waals surface area contributed by atoms with Crippen LogP contribution in [0.1, 0.15) is 31.8 Å². The molecule has 6 nitrogen and oxygen atoms in total. The second-order valence-corrected chi connectivity index (χ2v) is 9.73. The molecule has 6 rings (SSSR count). The summed E-state index contributed by atoms with van der Waals surface area (Å²) in [7, 11) is 0. The van der Waals surface area contributed by atoms with Gasteiger partial charge in [-0.25, -0.2) is 0 Å². The zero-order valence-corrected chi connectivity index (χ0v) is 22.3. The first kappa shape index (κ1) is 26.8. The molecule has 0 fully saturated rings. The predicted molar refractivity (Wildman–Crippen MR) is 158 cm³/mol. The summed E-state index contributed by atoms with van der Waals surface area (Å²) in [6.07, 6.45) is 2.73. The minimum atomic E-state index is -0.256. The predicted octanol–water partition coefficient (Wildman–Crippen LogP) is 7.12. The number of carbonyl (C=O) groups is 4. The van der Waals surface area contributed by atoms with Crippen molar-refractivity contribution in [1.82, 2.24) is 0 Å². The van der Waals surface area contributed by atoms with Crippen molar-refractivity contribution in [2.24, 2.45) is 0 Å². The summed E-state index contributed by atoms with van der Waals surface area (Å²) in [5, 5.41) is 6.60. The van der Waals surface area contributed by atoms with Crippen LogP contribution in [0.15, 0.2) is 109 Å². The molecule has 0 radical (unpaired) electrons. The third kappa shape index (κ3) is 5.78. The molecule has 4 aromatic carbocycles. The highest BCUT2D eigenvalue weighted by atomic mass is 35.5. The molecule has 2 aliphatic rings. The van der Waals surface area contributed by atoms with Crippen molar-refractivity contribution < 1.29 is 19.2 Å². The van der Waals surface area contributed by atoms with Gasteiger partial charge in [-0.05, 0) is 72.8 Å². The third-order valence-electron chi connectivity index (χ3n) is 6.23. The van der Waals surface area contributed by atoms with Gasteiger partial charge in [0.2, 0.25) is 0 Å². The molecule has 0 aliphatic carbocycles. The standard InChI is InChI=1S/2C16H10ClNO2/c2*17-11-7-5-10(6-8-11)15(19)9-13-12-3-1-2-4-14(12)18-16(13)20/h2*1-9H,(H,18,20)/b2*13-9+. The Bertz CT molecular complexity index is 1590. The quantitative estimate of drug-likeness (QED) is 0.203. The minimum Gasteiger partial charge on any atom is -0.321 e. The maximum atomic E-state index is 12.2. The Hall–Kier alpha value is -4.78. The number of carbonyl (C=O) groups excluding carboxylic acids is 4. The number of halogens is 2. The van der Waals surface area contributed by atoms with E-state index in [1.54, 1.807) is 60.7 Å². The van der Waals surface area contributed by atoms with Crippen LogP contribution in [0.2, 0.25) is 10.0 Å². The molecule has 0 atom stereocenters. The lowest BCUT2D eigenvalue weighted by Crippen LogP contribution is -2.05. The summed E-state index contributed by atoms with van der Waals surface area (Å²) in [6.45, 7) is 0. The normalized spacial score (nSPS) is 15.1. The fraction of sp³-hybridized carbons (Fsp3) is 0. The average molecular weight is 567 g/mol. The number of fused-ring (bicyclic) bond motifs is 2. The first-order valence-corrected chi connectivity index (χ1v) is 12.9. The van der Waals surface area contributed by atoms with Crippen molar-refractivity contribution in [3.63, 3.8) is 0 Å². The molecule has 40 heavy (non-hydrogen) atoms. The van der Waals surface area contributed by atoms with E-state index >= 15 is 0 Å². The summed E-state index contributed by atoms with van der Waals surface area (Å²) < 4.78 is 0. The summed E-state index contributed by atoms with van der Waals surface area (Å²) >= 11 is 11.6. The van der Waals surface area contributed by atoms with Crippen LogP contribution in [0.3, 0.4) is 0 Å². The molecule has 4 aromatic rings. The van der Waals surface area contributed by atoms with Gasteiger partial charge >= 0.3 is 0 Å². The molecule has 0 bridgehead atoms. The second kappa shape index (κ2) is 11.5. The van der Waals surface area contributed by atoms with Crippen LogP contribution in [0.4, 0.5) is 11.4 Å². The van der Waals surface area contributed by atoms with Crippen molar-refractivity contribution in [2.75, 3.05) is 10.6 Å². The highest BCUT2D eigenvalue weighted by molar-refractivity contribution is 6.36. The first-order valence-electron chi connectivity index (χ1n) is 12.1. The lowest BCUT2D eigenvalue weighted by Gasteiger charge is -1.99. The lowest BCUT2D eigenvalue weighted by atomic mass is 10.0. The minimum absolute atomic E-state index is 0.219. The van der Waals surface area contributed by atoms with Gasteiger partial charge in [0.1, 0.15) is 0 Å². The molecular formula is C32H20Cl2N2O4. The summed E-state index contributed by atoms with van der Waals surface area (Å²) in [6, 6.07) is 27.7. The molecular weight excluding hydrogens is 547 g/mol. The van der Waals surface area contributed by atoms with E-state index in [9.17, 15) is 19.2 Å². The zero-order valence-electron chi connectivity index (χ0n) is 20.8. The average Bonchev–Trinajstić information content (AvgIpc) is 3.44. The molecule has 196 valence electrons. The number of allylic oxidation sites excluding steroid dienone is 2. The van der Waals surface area contributed by atoms with E-state index in [2.05, 4.69) is 10.6 Å². The molecule has 0 spiro atoms. The highest BCUT2D eigenvalue weighted by Crippen LogP contribution is 2.32. The van der Waals surface area contributed by atoms with Crippen molar-refractivity contribution >= 4 is 69.1 Å². The van der Waals surface area contributed by atoms with E-state index in [0.29, 0.717) is 32.3 Å². The number of anilines is 2. The van der Waals surface area contributed by atoms with Crippen molar-refractivity contribution in [3.8, 4) is 0 Å². The SMILES string of the molecule is O=C1Nc2ccccc2/C1=C\C(=O)c1ccc(Cl)cc1.O=C1Nc2ccccc2/C1=C\C(=O)c1ccc(Cl)cc1. The number of para-hydroxylation sites is 2. The molecule has 2 aliphatic heterocycles. The maximum absolute atomic E-state index is 12.2. The van der Waals surface area contributed by atoms with Gasteiger partial charge in [0.25, 0.3) is 11.8 Å². The number of rotatable bonds is 4. The Labute approximate surface area is 239 Å². The van der Waals surface area contributed by atoms with Gasteiger partial charge in [0, 0.05) is 43.7 Å². The monoisotopic (exact) mass is 566 g/mol. The maximum Gasteiger partial charge on any atom is 0.256 e. The van der Waals surface area contributed by atoms with Gasteiger partial charge in [-0.3, -0.25) is 19.2 Å². The summed E-state index contributed by atoms with van der Waals surface area (Å²) in [5.41, 5.74) is 4.74. The van der Waals surface area contributed by atoms with Gasteiger partial charge in [-0.15, -0.1) is 0 Å². The molecule has 0 saturated heterocycles. The summed E-state index contributed by atoms with van der Waals surface area (Å²) in [4.78, 5) is 48.1. The van der Waals surface area contributed by atoms with E-state index < -0.39 is 0 Å². The smallest absolute Gasteiger partial charge is 0.256 e. The van der Waals surface area contributed by atoms with Crippen molar-refractivity contribution in [2.45, 2.75) is 0 Å². The molecule has 0 unspecified atom stereocenters. The van der Waals surface area contributed by atoms with E-state index in [-0.39, 0.29) is 23.4 Å². The fourth-order valence-corrected chi connectivity index (χ4v) is 4.47. The number of nitrogens with one attached hydrogen (secondary N) is 2. The van der Waals surface area contributed by atoms with Crippen LogP contribution in [0.5, 0.6) is 0 Å². The van der Waals surface area contributed by atoms with Crippen LogP contribution < -0.4 is 10.6 Å². The number of benzene rings is 4. The number of hydrogen-bond donors (Lipinski definition) is 2. The molecule has 8 heteroatoms. The summed E-state index contributed by atoms with van der Waals surface area (Å²) in [5.74, 6) is -0.950. The van der Waals surface area contributed by atoms with E-state index in [1.807, 2.05) is 36.4 Å². The Morgan fingerprint density at radius 1 is 0.525 bits per heavy atom. The van der Waals surface area contributed by atoms with Crippen LogP contribution in [0.25, 0.3) is 11.1 Å². The van der Waals surface area contributed by atoms with E-state index in [4.69, 9.17) is 23.2 Å². The molecule has 2 heterocycles. The van der Waals surface area contributed by atoms with Crippen LogP contribution >= 0.6 is 23.2 Å². The zero-order chi connectivity index (χ0) is 28.2. The van der Waals surface area contributed by atoms with Crippen molar-refractivity contribution in [1.29, 1.82) is 0 Å². The van der Waals surface area contributed by atoms with Gasteiger partial charge in [0.15, 0.2) is 11.6 Å². The lowest BCUT2D eigenvalue weighted by molar-refractivity contribution is -0.111. The van der Waals surface area contributed by atoms with Crippen molar-refractivity contribution in [3.05, 3.63) is 142 Å². The number of amides is 2. The van der Waals surface area contributed by atoms with E-state index in [0.717, 1.165) is 22.5 Å². The largest absolute Gasteiger partial charge is 0.321 e. The molecule has 0 aromatic heterocycles. The number of hydrogen-bond acceptors (Lipinski definition) is 4. The Kier molecular flexibility index (Phi) is 7.73.